The van der Waals surface area contributed by atoms with E-state index in [1.165, 1.54) is 0 Å². The number of pyridine rings is 3. The molecule has 0 unspecified atom stereocenters. The third kappa shape index (κ3) is 5.38. The van der Waals surface area contributed by atoms with E-state index in [1.807, 2.05) is 30.3 Å². The van der Waals surface area contributed by atoms with Crippen molar-refractivity contribution in [3.8, 4) is 22.8 Å². The van der Waals surface area contributed by atoms with E-state index < -0.39 is 6.04 Å². The van der Waals surface area contributed by atoms with Gasteiger partial charge in [-0.05, 0) is 29.8 Å². The average Bonchev–Trinajstić information content (AvgIpc) is 3.62. The van der Waals surface area contributed by atoms with Gasteiger partial charge in [-0.25, -0.2) is 9.97 Å². The number of aromatic nitrogens is 5. The van der Waals surface area contributed by atoms with Gasteiger partial charge in [0.2, 0.25) is 5.82 Å². The summed E-state index contributed by atoms with van der Waals surface area (Å²) < 4.78 is 5.61. The fourth-order valence-corrected chi connectivity index (χ4v) is 4.62. The summed E-state index contributed by atoms with van der Waals surface area (Å²) >= 11 is 0. The minimum Gasteiger partial charge on any atom is -0.394 e. The molecule has 1 aromatic carbocycles. The van der Waals surface area contributed by atoms with E-state index in [-0.39, 0.29) is 18.4 Å². The summed E-state index contributed by atoms with van der Waals surface area (Å²) in [5.41, 5.74) is 4.12. The second-order valence-corrected chi connectivity index (χ2v) is 9.35. The van der Waals surface area contributed by atoms with Crippen LogP contribution in [0.4, 0.5) is 17.3 Å². The number of fused-ring (bicyclic) bond motifs is 1. The van der Waals surface area contributed by atoms with Gasteiger partial charge in [0, 0.05) is 36.8 Å². The number of hydrogen-bond donors (Lipinski definition) is 3. The number of amides is 1. The number of nitrogens with one attached hydrogen (secondary N) is 2. The molecule has 0 fully saturated rings. The molecule has 5 aromatic rings. The third-order valence-electron chi connectivity index (χ3n) is 6.65. The van der Waals surface area contributed by atoms with E-state index in [4.69, 9.17) is 4.52 Å². The maximum absolute atomic E-state index is 12.6. The van der Waals surface area contributed by atoms with E-state index >= 15 is 0 Å². The molecule has 11 nitrogen and oxygen atoms in total. The zero-order valence-corrected chi connectivity index (χ0v) is 21.9. The standard InChI is InChI=1S/C30H26N8O3/c1-2-14-38-17-24-21(30(38)40)8-9-26(34-24)35-27-15-23(33-25(18-39)19-6-4-3-5-7-19)22(16-32-27)29-36-28(37-41-29)20-10-12-31-13-11-20/h2-13,15-16,25,39H,1,14,17-18H2,(H2,32,33,34,35)/t25-/m1/s1. The van der Waals surface area contributed by atoms with Crippen molar-refractivity contribution in [3.05, 3.63) is 109 Å². The molecule has 3 N–H and O–H groups in total. The van der Waals surface area contributed by atoms with Gasteiger partial charge in [0.25, 0.3) is 11.8 Å². The molecule has 5 heterocycles. The van der Waals surface area contributed by atoms with Crippen molar-refractivity contribution in [1.29, 1.82) is 0 Å². The Morgan fingerprint density at radius 3 is 2.66 bits per heavy atom. The van der Waals surface area contributed by atoms with Crippen molar-refractivity contribution in [2.45, 2.75) is 12.6 Å². The van der Waals surface area contributed by atoms with Crippen LogP contribution < -0.4 is 10.6 Å². The van der Waals surface area contributed by atoms with Crippen LogP contribution in [-0.4, -0.2) is 54.2 Å². The van der Waals surface area contributed by atoms with Crippen LogP contribution in [0.3, 0.4) is 0 Å². The Kier molecular flexibility index (Phi) is 7.16. The number of benzene rings is 1. The first-order chi connectivity index (χ1) is 20.1. The SMILES string of the molecule is C=CCN1Cc2nc(Nc3cc(N[C@H](CO)c4ccccc4)c(-c4nc(-c5ccncc5)no4)cn3)ccc2C1=O. The summed E-state index contributed by atoms with van der Waals surface area (Å²) in [5.74, 6) is 1.66. The lowest BCUT2D eigenvalue weighted by Crippen LogP contribution is -2.23. The molecule has 1 aliphatic heterocycles. The second kappa shape index (κ2) is 11.4. The number of hydrogen-bond acceptors (Lipinski definition) is 10. The van der Waals surface area contributed by atoms with E-state index in [9.17, 15) is 9.90 Å². The number of aliphatic hydroxyl groups is 1. The van der Waals surface area contributed by atoms with Crippen LogP contribution in [0.1, 0.15) is 27.7 Å². The molecule has 0 saturated heterocycles. The zero-order valence-electron chi connectivity index (χ0n) is 21.9. The van der Waals surface area contributed by atoms with Gasteiger partial charge in [-0.3, -0.25) is 9.78 Å². The van der Waals surface area contributed by atoms with Crippen LogP contribution in [0.5, 0.6) is 0 Å². The van der Waals surface area contributed by atoms with Crippen LogP contribution in [-0.2, 0) is 6.54 Å². The van der Waals surface area contributed by atoms with Crippen molar-refractivity contribution < 1.29 is 14.4 Å². The molecule has 0 saturated carbocycles. The normalized spacial score (nSPS) is 13.1. The fourth-order valence-electron chi connectivity index (χ4n) is 4.62. The lowest BCUT2D eigenvalue weighted by atomic mass is 10.1. The molecule has 41 heavy (non-hydrogen) atoms. The van der Waals surface area contributed by atoms with E-state index in [1.54, 1.807) is 59.9 Å². The number of carbonyl (C=O) groups is 1. The van der Waals surface area contributed by atoms with Crippen LogP contribution in [0.15, 0.2) is 96.4 Å². The number of nitrogens with zero attached hydrogens (tertiary/aromatic N) is 6. The summed E-state index contributed by atoms with van der Waals surface area (Å²) in [6, 6.07) is 18.1. The Labute approximate surface area is 235 Å². The van der Waals surface area contributed by atoms with Gasteiger partial charge in [-0.1, -0.05) is 41.6 Å². The molecule has 4 aromatic heterocycles. The highest BCUT2D eigenvalue weighted by molar-refractivity contribution is 5.98. The van der Waals surface area contributed by atoms with Crippen molar-refractivity contribution in [2.24, 2.45) is 0 Å². The zero-order chi connectivity index (χ0) is 28.2. The Morgan fingerprint density at radius 2 is 1.88 bits per heavy atom. The van der Waals surface area contributed by atoms with E-state index in [2.05, 4.69) is 42.3 Å². The second-order valence-electron chi connectivity index (χ2n) is 9.35. The van der Waals surface area contributed by atoms with Crippen molar-refractivity contribution in [3.63, 3.8) is 0 Å². The van der Waals surface area contributed by atoms with Gasteiger partial charge in [0.15, 0.2) is 0 Å². The topological polar surface area (TPSA) is 142 Å². The minimum absolute atomic E-state index is 0.0606. The van der Waals surface area contributed by atoms with E-state index in [0.29, 0.717) is 53.1 Å². The Hall–Kier alpha value is -5.42. The molecule has 1 atom stereocenters. The number of rotatable bonds is 10. The lowest BCUT2D eigenvalue weighted by Gasteiger charge is -2.20. The summed E-state index contributed by atoms with van der Waals surface area (Å²) in [6.45, 7) is 4.45. The Balaban J connectivity index is 1.33. The van der Waals surface area contributed by atoms with Crippen LogP contribution in [0.25, 0.3) is 22.8 Å². The van der Waals surface area contributed by atoms with Crippen molar-refractivity contribution >= 4 is 23.2 Å². The van der Waals surface area contributed by atoms with Crippen LogP contribution in [0, 0.1) is 0 Å². The molecule has 0 bridgehead atoms. The van der Waals surface area contributed by atoms with Gasteiger partial charge >= 0.3 is 0 Å². The maximum atomic E-state index is 12.6. The van der Waals surface area contributed by atoms with Crippen LogP contribution >= 0.6 is 0 Å². The number of carbonyl (C=O) groups excluding carboxylic acids is 1. The molecule has 0 radical (unpaired) electrons. The molecule has 204 valence electrons. The Bertz CT molecular complexity index is 1690. The predicted octanol–water partition coefficient (Wildman–Crippen LogP) is 4.62. The summed E-state index contributed by atoms with van der Waals surface area (Å²) in [6.07, 6.45) is 6.63. The monoisotopic (exact) mass is 546 g/mol. The summed E-state index contributed by atoms with van der Waals surface area (Å²) in [5, 5.41) is 21.0. The minimum atomic E-state index is -0.409. The van der Waals surface area contributed by atoms with Crippen molar-refractivity contribution in [2.75, 3.05) is 23.8 Å². The maximum Gasteiger partial charge on any atom is 0.261 e. The molecular weight excluding hydrogens is 520 g/mol. The van der Waals surface area contributed by atoms with E-state index in [0.717, 1.165) is 11.1 Å². The van der Waals surface area contributed by atoms with Gasteiger partial charge in [0.1, 0.15) is 11.6 Å². The Morgan fingerprint density at radius 1 is 1.05 bits per heavy atom. The fraction of sp³-hybridized carbons (Fsp3) is 0.133. The summed E-state index contributed by atoms with van der Waals surface area (Å²) in [7, 11) is 0. The lowest BCUT2D eigenvalue weighted by molar-refractivity contribution is 0.0796. The highest BCUT2D eigenvalue weighted by Crippen LogP contribution is 2.33. The van der Waals surface area contributed by atoms with Gasteiger partial charge in [-0.2, -0.15) is 4.98 Å². The summed E-state index contributed by atoms with van der Waals surface area (Å²) in [4.78, 5) is 32.1. The molecule has 6 rings (SSSR count). The highest BCUT2D eigenvalue weighted by atomic mass is 16.5. The molecular formula is C30H26N8O3. The quantitative estimate of drug-likeness (QED) is 0.212. The first-order valence-corrected chi connectivity index (χ1v) is 13.0. The smallest absolute Gasteiger partial charge is 0.261 e. The van der Waals surface area contributed by atoms with Gasteiger partial charge in [0.05, 0.1) is 41.7 Å². The molecule has 11 heteroatoms. The van der Waals surface area contributed by atoms with Crippen LogP contribution in [0.2, 0.25) is 0 Å². The van der Waals surface area contributed by atoms with Crippen molar-refractivity contribution in [1.82, 2.24) is 30.0 Å². The first kappa shape index (κ1) is 25.8. The first-order valence-electron chi connectivity index (χ1n) is 13.0. The predicted molar refractivity (Wildman–Crippen MR) is 153 cm³/mol. The number of anilines is 3. The largest absolute Gasteiger partial charge is 0.394 e. The molecule has 0 aliphatic carbocycles. The highest BCUT2D eigenvalue weighted by Gasteiger charge is 2.28. The number of aliphatic hydroxyl groups excluding tert-OH is 1. The molecule has 1 aliphatic rings. The molecule has 0 spiro atoms. The average molecular weight is 547 g/mol. The van der Waals surface area contributed by atoms with Gasteiger partial charge in [-0.15, -0.1) is 6.58 Å². The van der Waals surface area contributed by atoms with Gasteiger partial charge < -0.3 is 25.2 Å². The third-order valence-corrected chi connectivity index (χ3v) is 6.65. The molecule has 1 amide bonds.